The average Bonchev–Trinajstić information content (AvgIpc) is 3.38. The average molecular weight is 660 g/mol. The fourth-order valence-electron chi connectivity index (χ4n) is 4.49. The predicted molar refractivity (Wildman–Crippen MR) is 172 cm³/mol. The van der Waals surface area contributed by atoms with E-state index < -0.39 is 47.1 Å². The summed E-state index contributed by atoms with van der Waals surface area (Å²) in [6.45, 7) is 12.6. The zero-order valence-electron chi connectivity index (χ0n) is 27.0. The molecule has 16 heteroatoms. The minimum absolute atomic E-state index is 0.275. The molecule has 4 N–H and O–H groups in total. The number of aliphatic hydroxyl groups is 2. The summed E-state index contributed by atoms with van der Waals surface area (Å²) < 4.78 is 12.2. The van der Waals surface area contributed by atoms with Gasteiger partial charge in [0.15, 0.2) is 0 Å². The maximum Gasteiger partial charge on any atom is 0.410 e. The lowest BCUT2D eigenvalue weighted by molar-refractivity contribution is -0.115. The Morgan fingerprint density at radius 3 is 2.22 bits per heavy atom. The molecule has 1 aromatic carbocycles. The molecule has 3 aromatic rings. The van der Waals surface area contributed by atoms with Gasteiger partial charge in [-0.3, -0.25) is 9.59 Å². The Kier molecular flexibility index (Phi) is 9.94. The lowest BCUT2D eigenvalue weighted by Gasteiger charge is -2.36. The SMILES string of the molecule is CC(C)(C)OC(=O)NCC(=O)Nc1cc(-c2nn3c(N4CCN(C(=O)OC(C)(C)C)CC4)cc(=O)nc3s2)cc(C(C)(O)CO)c1. The van der Waals surface area contributed by atoms with E-state index >= 15 is 0 Å². The van der Waals surface area contributed by atoms with Gasteiger partial charge in [-0.25, -0.2) is 9.59 Å². The van der Waals surface area contributed by atoms with Crippen molar-refractivity contribution in [3.8, 4) is 10.6 Å². The van der Waals surface area contributed by atoms with Gasteiger partial charge in [-0.1, -0.05) is 11.3 Å². The molecule has 0 spiro atoms. The molecule has 250 valence electrons. The molecule has 1 fully saturated rings. The zero-order valence-corrected chi connectivity index (χ0v) is 27.9. The lowest BCUT2D eigenvalue weighted by atomic mass is 9.94. The number of anilines is 2. The maximum absolute atomic E-state index is 12.7. The molecule has 1 aliphatic heterocycles. The first-order chi connectivity index (χ1) is 21.3. The van der Waals surface area contributed by atoms with Crippen LogP contribution in [-0.4, -0.2) is 98.3 Å². The molecule has 0 radical (unpaired) electrons. The Hall–Kier alpha value is -4.28. The quantitative estimate of drug-likeness (QED) is 0.292. The Morgan fingerprint density at radius 2 is 1.61 bits per heavy atom. The zero-order chi connectivity index (χ0) is 34.0. The van der Waals surface area contributed by atoms with E-state index in [2.05, 4.69) is 15.6 Å². The van der Waals surface area contributed by atoms with E-state index in [1.807, 2.05) is 25.7 Å². The van der Waals surface area contributed by atoms with Crippen LogP contribution < -0.4 is 21.1 Å². The fraction of sp³-hybridized carbons (Fsp3) is 0.533. The van der Waals surface area contributed by atoms with Crippen LogP contribution in [0.3, 0.4) is 0 Å². The molecule has 0 saturated carbocycles. The summed E-state index contributed by atoms with van der Waals surface area (Å²) in [6, 6.07) is 6.14. The minimum Gasteiger partial charge on any atom is -0.444 e. The Bertz CT molecular complexity index is 1660. The number of aliphatic hydroxyl groups excluding tert-OH is 1. The van der Waals surface area contributed by atoms with Gasteiger partial charge in [0.25, 0.3) is 5.56 Å². The second-order valence-electron chi connectivity index (χ2n) is 13.1. The van der Waals surface area contributed by atoms with Crippen molar-refractivity contribution in [1.82, 2.24) is 24.8 Å². The van der Waals surface area contributed by atoms with Gasteiger partial charge in [-0.05, 0) is 72.2 Å². The van der Waals surface area contributed by atoms with E-state index in [9.17, 15) is 29.4 Å². The number of carbonyl (C=O) groups is 3. The van der Waals surface area contributed by atoms with E-state index in [1.165, 1.54) is 19.1 Å². The standard InChI is InChI=1S/C30H41N7O8S/c1-28(2,3)44-26(41)31-16-22(40)32-20-13-18(12-19(14-20)30(7,43)17-38)24-34-37-23(15-21(39)33-25(37)46-24)35-8-10-36(11-9-35)27(42)45-29(4,5)6/h12-15,38,43H,8-11,16-17H2,1-7H3,(H,31,41)(H,32,40). The van der Waals surface area contributed by atoms with Crippen LogP contribution in [0.25, 0.3) is 15.5 Å². The summed E-state index contributed by atoms with van der Waals surface area (Å²) in [4.78, 5) is 57.8. The molecular weight excluding hydrogens is 618 g/mol. The minimum atomic E-state index is -1.66. The third-order valence-electron chi connectivity index (χ3n) is 6.68. The Morgan fingerprint density at radius 1 is 0.957 bits per heavy atom. The van der Waals surface area contributed by atoms with Gasteiger partial charge in [0, 0.05) is 43.5 Å². The van der Waals surface area contributed by atoms with Crippen LogP contribution >= 0.6 is 11.3 Å². The second-order valence-corrected chi connectivity index (χ2v) is 14.1. The third kappa shape index (κ3) is 8.92. The number of benzene rings is 1. The van der Waals surface area contributed by atoms with Gasteiger partial charge in [0.2, 0.25) is 10.9 Å². The summed E-state index contributed by atoms with van der Waals surface area (Å²) in [5.41, 5.74) is -2.41. The van der Waals surface area contributed by atoms with E-state index in [0.29, 0.717) is 53.1 Å². The number of nitrogens with zero attached hydrogens (tertiary/aromatic N) is 5. The van der Waals surface area contributed by atoms with Crippen molar-refractivity contribution in [2.75, 3.05) is 49.5 Å². The smallest absolute Gasteiger partial charge is 0.410 e. The maximum atomic E-state index is 12.7. The number of carbonyl (C=O) groups excluding carboxylic acids is 3. The molecule has 1 atom stereocenters. The molecule has 1 saturated heterocycles. The largest absolute Gasteiger partial charge is 0.444 e. The highest BCUT2D eigenvalue weighted by molar-refractivity contribution is 7.19. The van der Waals surface area contributed by atoms with E-state index in [4.69, 9.17) is 14.6 Å². The third-order valence-corrected chi connectivity index (χ3v) is 7.63. The molecule has 1 aliphatic rings. The molecule has 15 nitrogen and oxygen atoms in total. The van der Waals surface area contributed by atoms with Crippen LogP contribution in [0.1, 0.15) is 54.0 Å². The highest BCUT2D eigenvalue weighted by Crippen LogP contribution is 2.33. The van der Waals surface area contributed by atoms with Gasteiger partial charge in [-0.2, -0.15) is 14.6 Å². The van der Waals surface area contributed by atoms with Crippen molar-refractivity contribution in [2.24, 2.45) is 0 Å². The monoisotopic (exact) mass is 659 g/mol. The first-order valence-electron chi connectivity index (χ1n) is 14.7. The molecule has 46 heavy (non-hydrogen) atoms. The number of hydrogen-bond acceptors (Lipinski definition) is 12. The first-order valence-corrected chi connectivity index (χ1v) is 15.5. The highest BCUT2D eigenvalue weighted by Gasteiger charge is 2.28. The van der Waals surface area contributed by atoms with Crippen LogP contribution in [-0.2, 0) is 19.9 Å². The summed E-state index contributed by atoms with van der Waals surface area (Å²) in [7, 11) is 0. The molecular formula is C30H41N7O8S. The second kappa shape index (κ2) is 13.2. The van der Waals surface area contributed by atoms with Crippen molar-refractivity contribution >= 4 is 45.9 Å². The first kappa shape index (κ1) is 34.6. The Balaban J connectivity index is 1.61. The van der Waals surface area contributed by atoms with Crippen molar-refractivity contribution < 1.29 is 34.1 Å². The van der Waals surface area contributed by atoms with Crippen LogP contribution in [0.5, 0.6) is 0 Å². The van der Waals surface area contributed by atoms with E-state index in [0.717, 1.165) is 11.3 Å². The van der Waals surface area contributed by atoms with Crippen LogP contribution in [0, 0.1) is 0 Å². The predicted octanol–water partition coefficient (Wildman–Crippen LogP) is 2.54. The van der Waals surface area contributed by atoms with Crippen LogP contribution in [0.15, 0.2) is 29.1 Å². The van der Waals surface area contributed by atoms with Crippen molar-refractivity contribution in [1.29, 1.82) is 0 Å². The summed E-state index contributed by atoms with van der Waals surface area (Å²) in [6.07, 6.45) is -1.15. The van der Waals surface area contributed by atoms with Crippen molar-refractivity contribution in [2.45, 2.75) is 65.3 Å². The number of hydrogen-bond donors (Lipinski definition) is 4. The number of rotatable bonds is 7. The molecule has 0 aliphatic carbocycles. The van der Waals surface area contributed by atoms with E-state index in [-0.39, 0.29) is 12.2 Å². The number of amides is 3. The molecule has 0 bridgehead atoms. The van der Waals surface area contributed by atoms with Crippen LogP contribution in [0.2, 0.25) is 0 Å². The van der Waals surface area contributed by atoms with Gasteiger partial charge >= 0.3 is 12.2 Å². The fourth-order valence-corrected chi connectivity index (χ4v) is 5.37. The summed E-state index contributed by atoms with van der Waals surface area (Å²) >= 11 is 1.13. The number of fused-ring (bicyclic) bond motifs is 1. The molecule has 3 heterocycles. The van der Waals surface area contributed by atoms with Crippen molar-refractivity contribution in [3.05, 3.63) is 40.2 Å². The molecule has 2 aromatic heterocycles. The normalized spacial score (nSPS) is 15.3. The molecule has 1 unspecified atom stereocenters. The highest BCUT2D eigenvalue weighted by atomic mass is 32.1. The van der Waals surface area contributed by atoms with Crippen LogP contribution in [0.4, 0.5) is 21.1 Å². The summed E-state index contributed by atoms with van der Waals surface area (Å²) in [5.74, 6) is -0.0525. The number of aromatic nitrogens is 3. The van der Waals surface area contributed by atoms with Gasteiger partial charge in [0.1, 0.15) is 34.2 Å². The van der Waals surface area contributed by atoms with Gasteiger partial charge < -0.3 is 40.1 Å². The summed E-state index contributed by atoms with van der Waals surface area (Å²) in [5, 5.41) is 30.9. The number of piperazine rings is 1. The number of nitrogens with one attached hydrogen (secondary N) is 2. The van der Waals surface area contributed by atoms with Gasteiger partial charge in [-0.15, -0.1) is 0 Å². The van der Waals surface area contributed by atoms with Gasteiger partial charge in [0.05, 0.1) is 6.61 Å². The lowest BCUT2D eigenvalue weighted by Crippen LogP contribution is -2.50. The van der Waals surface area contributed by atoms with E-state index in [1.54, 1.807) is 42.3 Å². The topological polar surface area (TPSA) is 188 Å². The van der Waals surface area contributed by atoms with Crippen molar-refractivity contribution in [3.63, 3.8) is 0 Å². The molecule has 3 amide bonds. The number of ether oxygens (including phenoxy) is 2. The number of alkyl carbamates (subject to hydrolysis) is 1. The Labute approximate surface area is 270 Å². The molecule has 4 rings (SSSR count).